The van der Waals surface area contributed by atoms with Crippen molar-refractivity contribution in [3.05, 3.63) is 197 Å². The molecule has 3 N–H and O–H groups in total. The van der Waals surface area contributed by atoms with Crippen molar-refractivity contribution in [2.75, 3.05) is 87.0 Å². The number of hydrogen-bond acceptors (Lipinski definition) is 33. The SMILES string of the molecule is Cl.O=C(O)c1ccc(COc2nn3c(-c4cc(COC5CCCCO5)on4)nnc3c3ccccc23)nc1.O=C(c1ccc(COc2nn3c(-c4cc(CO)on4)nnc3c3ccccc23)nc1)N1CCS(=O)CC1.O=C(c1ccc(COc2nn3c(-c4cc(COC5CCCCO5)on4)nnc3c3ccccc23)nc1)N1CCS(=O)CC1.O=S1CCNCC1.[2HH].[2H][2H].[2H][2H].[2H][2H]. The monoisotopic (exact) mass is 1790 g/mol. The van der Waals surface area contributed by atoms with Crippen LogP contribution in [0.5, 0.6) is 17.6 Å². The summed E-state index contributed by atoms with van der Waals surface area (Å²) >= 11 is 0. The lowest BCUT2D eigenvalue weighted by Gasteiger charge is -2.26. The molecule has 2 unspecified atom stereocenters. The molecule has 0 saturated carbocycles. The van der Waals surface area contributed by atoms with Gasteiger partial charge in [-0.1, -0.05) is 70.1 Å². The van der Waals surface area contributed by atoms with Gasteiger partial charge in [0.1, 0.15) is 39.6 Å². The molecule has 2 amide bonds. The number of carbonyl (C=O) groups excluding carboxylic acids is 2. The van der Waals surface area contributed by atoms with E-state index in [4.69, 9.17) is 65.8 Å². The molecule has 15 aromatic rings. The molecule has 17 heterocycles. The minimum Gasteiger partial charge on any atom is -0.478 e. The molecule has 43 heteroatoms. The van der Waals surface area contributed by atoms with Crippen LogP contribution < -0.4 is 19.5 Å². The number of benzene rings is 3. The van der Waals surface area contributed by atoms with Crippen LogP contribution in [0.1, 0.15) is 114 Å². The molecule has 0 spiro atoms. The van der Waals surface area contributed by atoms with Gasteiger partial charge >= 0.3 is 5.97 Å². The smallest absolute Gasteiger partial charge is 0.337 e. The lowest BCUT2D eigenvalue weighted by atomic mass is 10.2. The first kappa shape index (κ1) is 82.1. The fourth-order valence-electron chi connectivity index (χ4n) is 13.9. The molecule has 5 aliphatic heterocycles. The second kappa shape index (κ2) is 40.4. The van der Waals surface area contributed by atoms with E-state index < -0.39 is 38.4 Å². The standard InChI is InChI=1S/C29H29N7O6S.C25H22N6O6.C24H21N7O5S.C4H9NOS.ClH.4H2/c37-29(35-10-13-43(38)14-11-35)19-8-9-20(30-16-19)17-41-28-23-6-2-1-5-22(23)26-31-32-27(36(26)33-28)24-15-21(42-34-24)18-40-25-7-3-4-12-39-25;32-25(33)15-8-9-16(26-12-15)13-36-24-19-6-2-1-5-18(19)22-27-28-23(31(22)29-24)20-11-17(37-30-20)14-35-21-7-3-4-10-34-21;32-13-17-11-20(29-36-17)22-27-26-21-18-3-1-2-4-19(18)23(28-31(21)22)35-14-16-6-5-15(12-25-16)24(33)30-7-9-37(34)10-8-30;6-7-3-1-5-2-4-7;;;;;/h1-2,5-6,8-9,15-16,25H,3-4,7,10-14,17-18H2;1-2,5-6,8-9,11-12,21H,3-4,7,10,13-14H2,(H,32,33);1-6,11-12,32H,7-10,13-14H2;5H,1-4H2;5*1H/i;;;;;3*1+1D;1+1. The number of amides is 2. The van der Waals surface area contributed by atoms with Crippen molar-refractivity contribution in [3.63, 3.8) is 0 Å². The highest BCUT2D eigenvalue weighted by Gasteiger charge is 2.28. The van der Waals surface area contributed by atoms with Gasteiger partial charge in [-0.05, 0) is 93.1 Å². The van der Waals surface area contributed by atoms with Crippen LogP contribution in [0.25, 0.3) is 83.8 Å². The van der Waals surface area contributed by atoms with E-state index in [1.165, 1.54) is 23.0 Å². The summed E-state index contributed by atoms with van der Waals surface area (Å²) in [5.74, 6) is 6.01. The number of aromatic carboxylic acids is 1. The summed E-state index contributed by atoms with van der Waals surface area (Å²) in [6, 6.07) is 37.9. The Morgan fingerprint density at radius 1 is 0.448 bits per heavy atom. The third-order valence-corrected chi connectivity index (χ3v) is 24.4. The molecule has 0 aliphatic carbocycles. The van der Waals surface area contributed by atoms with Crippen LogP contribution in [-0.4, -0.2) is 240 Å². The van der Waals surface area contributed by atoms with E-state index >= 15 is 0 Å². The van der Waals surface area contributed by atoms with Gasteiger partial charge in [0.2, 0.25) is 35.1 Å². The van der Waals surface area contributed by atoms with Crippen molar-refractivity contribution < 1.29 is 94.3 Å². The zero-order valence-electron chi connectivity index (χ0n) is 72.9. The van der Waals surface area contributed by atoms with E-state index in [2.05, 4.69) is 76.5 Å². The minimum absolute atomic E-state index is 0. The maximum absolute atomic E-state index is 12.8. The molecule has 12 aromatic heterocycles. The van der Waals surface area contributed by atoms with Crippen molar-refractivity contribution in [1.29, 1.82) is 0 Å². The second-order valence-corrected chi connectivity index (χ2v) is 34.0. The van der Waals surface area contributed by atoms with Crippen LogP contribution in [0.3, 0.4) is 0 Å². The van der Waals surface area contributed by atoms with Crippen molar-refractivity contribution in [2.24, 2.45) is 0 Å². The number of nitrogens with zero attached hydrogens (tertiary/aromatic N) is 20. The first-order chi connectivity index (χ1) is 63.8. The molecular formula is C82H90ClN21O18S3. The summed E-state index contributed by atoms with van der Waals surface area (Å²) in [4.78, 5) is 53.0. The number of carbonyl (C=O) groups is 3. The molecule has 2 atom stereocenters. The summed E-state index contributed by atoms with van der Waals surface area (Å²) in [5, 5.41) is 78.2. The number of fused-ring (bicyclic) bond motifs is 9. The van der Waals surface area contributed by atoms with Gasteiger partial charge in [-0.15, -0.1) is 58.3 Å². The highest BCUT2D eigenvalue weighted by molar-refractivity contribution is 7.85. The van der Waals surface area contributed by atoms with Gasteiger partial charge in [-0.2, -0.15) is 13.5 Å². The number of nitrogens with one attached hydrogen (secondary N) is 1. The van der Waals surface area contributed by atoms with Crippen LogP contribution >= 0.6 is 12.4 Å². The van der Waals surface area contributed by atoms with E-state index in [-0.39, 0.29) is 83.4 Å². The third-order valence-electron chi connectivity index (χ3n) is 20.5. The fraction of sp³-hybridized carbons (Fsp3) is 0.341. The van der Waals surface area contributed by atoms with Gasteiger partial charge < -0.3 is 72.1 Å². The minimum atomic E-state index is -1.04. The molecule has 20 rings (SSSR count). The molecule has 3 aromatic carbocycles. The van der Waals surface area contributed by atoms with E-state index in [9.17, 15) is 32.1 Å². The van der Waals surface area contributed by atoms with Crippen molar-refractivity contribution in [3.8, 4) is 52.2 Å². The van der Waals surface area contributed by atoms with Crippen molar-refractivity contribution in [2.45, 2.75) is 90.7 Å². The first-order valence-electron chi connectivity index (χ1n) is 43.0. The number of halogens is 1. The lowest BCUT2D eigenvalue weighted by molar-refractivity contribution is -0.171. The van der Waals surface area contributed by atoms with Crippen molar-refractivity contribution in [1.82, 2.24) is 105 Å². The maximum Gasteiger partial charge on any atom is 0.337 e. The lowest BCUT2D eigenvalue weighted by Crippen LogP contribution is -2.41. The molecule has 125 heavy (non-hydrogen) atoms. The number of hydrogen-bond donors (Lipinski definition) is 3. The number of aliphatic hydroxyl groups excluding tert-OH is 1. The van der Waals surface area contributed by atoms with Gasteiger partial charge in [-0.25, -0.2) is 4.79 Å². The molecule has 5 aliphatic rings. The van der Waals surface area contributed by atoms with E-state index in [1.807, 2.05) is 72.8 Å². The fourth-order valence-corrected chi connectivity index (χ4v) is 17.0. The Bertz CT molecular complexity index is 6400. The van der Waals surface area contributed by atoms with Crippen LogP contribution in [0, 0.1) is 0 Å². The average molecular weight is 1800 g/mol. The average Bonchev–Trinajstić information content (AvgIpc) is 1.60. The van der Waals surface area contributed by atoms with Gasteiger partial charge in [-0.3, -0.25) is 37.2 Å². The summed E-state index contributed by atoms with van der Waals surface area (Å²) in [7, 11) is -2.20. The zero-order valence-corrected chi connectivity index (χ0v) is 70.2. The van der Waals surface area contributed by atoms with Crippen molar-refractivity contribution >= 4 is 112 Å². The Morgan fingerprint density at radius 2 is 0.800 bits per heavy atom. The van der Waals surface area contributed by atoms with E-state index in [1.54, 1.807) is 73.6 Å². The quantitative estimate of drug-likeness (QED) is 0.0569. The van der Waals surface area contributed by atoms with Gasteiger partial charge in [0.15, 0.2) is 63.9 Å². The predicted molar refractivity (Wildman–Crippen MR) is 461 cm³/mol. The molecule has 5 saturated heterocycles. The maximum atomic E-state index is 12.8. The highest BCUT2D eigenvalue weighted by atomic mass is 35.5. The Labute approximate surface area is 734 Å². The Kier molecular flexibility index (Phi) is 26.5. The highest BCUT2D eigenvalue weighted by Crippen LogP contribution is 2.34. The second-order valence-electron chi connectivity index (χ2n) is 28.9. The molecule has 39 nitrogen and oxygen atoms in total. The molecule has 0 radical (unpaired) electrons. The van der Waals surface area contributed by atoms with E-state index in [0.717, 1.165) is 95.4 Å². The van der Waals surface area contributed by atoms with Gasteiger partial charge in [0, 0.05) is 199 Å². The summed E-state index contributed by atoms with van der Waals surface area (Å²) in [5.41, 5.74) is 5.79. The number of carboxylic acids is 1. The van der Waals surface area contributed by atoms with E-state index in [0.29, 0.717) is 177 Å². The summed E-state index contributed by atoms with van der Waals surface area (Å²) < 4.78 is 126. The van der Waals surface area contributed by atoms with Crippen LogP contribution in [0.4, 0.5) is 0 Å². The predicted octanol–water partition coefficient (Wildman–Crippen LogP) is 9.15. The van der Waals surface area contributed by atoms with Crippen LogP contribution in [0.2, 0.25) is 0 Å². The van der Waals surface area contributed by atoms with Gasteiger partial charge in [0.05, 0.1) is 33.8 Å². The first-order valence-corrected chi connectivity index (χ1v) is 44.4. The molecule has 5 fully saturated rings. The van der Waals surface area contributed by atoms with Crippen LogP contribution in [-0.2, 0) is 91.0 Å². The Morgan fingerprint density at radius 3 is 1.12 bits per heavy atom. The number of carboxylic acid groups (broad SMARTS) is 1. The number of rotatable bonds is 22. The zero-order chi connectivity index (χ0) is 90.8. The molecule has 656 valence electrons. The molecular weight excluding hydrogens is 1700 g/mol. The van der Waals surface area contributed by atoms with Crippen LogP contribution in [0.15, 0.2) is 160 Å². The normalized spacial score (nSPS) is 16.7. The summed E-state index contributed by atoms with van der Waals surface area (Å²) in [6.07, 6.45) is 9.86. The summed E-state index contributed by atoms with van der Waals surface area (Å²) in [6.45, 7) is 5.74. The Hall–Kier alpha value is -12.5. The topological polar surface area (TPSA) is 472 Å². The number of aromatic nitrogens is 18. The number of ether oxygens (including phenoxy) is 7. The third kappa shape index (κ3) is 20.5. The van der Waals surface area contributed by atoms with Gasteiger partial charge in [0.25, 0.3) is 11.8 Å². The largest absolute Gasteiger partial charge is 0.478 e. The number of pyridine rings is 3. The number of aliphatic hydroxyl groups is 1. The Balaban J connectivity index is 0.000000167. The molecule has 0 bridgehead atoms.